The van der Waals surface area contributed by atoms with Gasteiger partial charge in [-0.25, -0.2) is 0 Å². The Morgan fingerprint density at radius 3 is 2.71 bits per heavy atom. The molecule has 0 unspecified atom stereocenters. The highest BCUT2D eigenvalue weighted by Crippen LogP contribution is 2.31. The zero-order valence-corrected chi connectivity index (χ0v) is 16.7. The van der Waals surface area contributed by atoms with Crippen LogP contribution in [0.25, 0.3) is 0 Å². The normalized spacial score (nSPS) is 23.4. The number of fused-ring (bicyclic) bond motifs is 1. The molecule has 6 nitrogen and oxygen atoms in total. The summed E-state index contributed by atoms with van der Waals surface area (Å²) in [5, 5.41) is 7.30. The lowest BCUT2D eigenvalue weighted by atomic mass is 9.95. The molecule has 1 spiro atoms. The van der Waals surface area contributed by atoms with Crippen LogP contribution in [0.15, 0.2) is 53.7 Å². The summed E-state index contributed by atoms with van der Waals surface area (Å²) >= 11 is 0. The Balaban J connectivity index is 1.67. The standard InChI is InChI=1S/C22H27N5O/c1-21(2,3)26-20-22(24-14-16-8-4-5-9-17(16)25-20)11-13-27(15-22)19(28)18-10-6-7-12-23-18/h4-10,12,24H,11,13-15H2,1-3H3,(H,25,26)/t22-/m0/s1. The van der Waals surface area contributed by atoms with E-state index >= 15 is 0 Å². The third kappa shape index (κ3) is 3.64. The van der Waals surface area contributed by atoms with Gasteiger partial charge in [-0.1, -0.05) is 24.3 Å². The van der Waals surface area contributed by atoms with Gasteiger partial charge in [0.1, 0.15) is 11.5 Å². The third-order valence-corrected chi connectivity index (χ3v) is 5.23. The van der Waals surface area contributed by atoms with Crippen molar-refractivity contribution in [3.8, 4) is 0 Å². The topological polar surface area (TPSA) is 69.6 Å². The van der Waals surface area contributed by atoms with Gasteiger partial charge in [0.05, 0.1) is 11.1 Å². The van der Waals surface area contributed by atoms with E-state index in [-0.39, 0.29) is 11.4 Å². The van der Waals surface area contributed by atoms with Gasteiger partial charge in [-0.05, 0) is 51.0 Å². The Hall–Kier alpha value is -2.73. The van der Waals surface area contributed by atoms with Crippen LogP contribution < -0.4 is 10.6 Å². The Morgan fingerprint density at radius 2 is 1.96 bits per heavy atom. The van der Waals surface area contributed by atoms with Crippen molar-refractivity contribution >= 4 is 17.4 Å². The molecule has 28 heavy (non-hydrogen) atoms. The predicted molar refractivity (Wildman–Crippen MR) is 112 cm³/mol. The molecule has 2 N–H and O–H groups in total. The van der Waals surface area contributed by atoms with Crippen LogP contribution in [-0.4, -0.2) is 45.8 Å². The van der Waals surface area contributed by atoms with E-state index in [1.165, 1.54) is 5.56 Å². The number of carbonyl (C=O) groups is 1. The van der Waals surface area contributed by atoms with E-state index in [9.17, 15) is 4.79 Å². The lowest BCUT2D eigenvalue weighted by Crippen LogP contribution is -2.56. The van der Waals surface area contributed by atoms with Gasteiger partial charge in [-0.2, -0.15) is 0 Å². The minimum absolute atomic E-state index is 0.0313. The molecule has 4 rings (SSSR count). The van der Waals surface area contributed by atoms with Crippen LogP contribution in [0.3, 0.4) is 0 Å². The first kappa shape index (κ1) is 18.6. The Labute approximate surface area is 166 Å². The lowest BCUT2D eigenvalue weighted by Gasteiger charge is -2.32. The van der Waals surface area contributed by atoms with Gasteiger partial charge in [-0.15, -0.1) is 0 Å². The van der Waals surface area contributed by atoms with E-state index in [2.05, 4.69) is 48.5 Å². The second kappa shape index (κ2) is 7.02. The molecule has 2 aromatic rings. The van der Waals surface area contributed by atoms with Crippen LogP contribution in [0, 0.1) is 0 Å². The number of anilines is 1. The number of hydrogen-bond acceptors (Lipinski definition) is 4. The summed E-state index contributed by atoms with van der Waals surface area (Å²) in [5.41, 5.74) is 2.14. The first-order valence-corrected chi connectivity index (χ1v) is 9.77. The highest BCUT2D eigenvalue weighted by molar-refractivity contribution is 6.05. The molecular weight excluding hydrogens is 350 g/mol. The molecule has 2 aliphatic rings. The van der Waals surface area contributed by atoms with E-state index in [4.69, 9.17) is 4.99 Å². The zero-order valence-electron chi connectivity index (χ0n) is 16.7. The molecule has 0 bridgehead atoms. The maximum Gasteiger partial charge on any atom is 0.272 e. The lowest BCUT2D eigenvalue weighted by molar-refractivity contribution is 0.0780. The van der Waals surface area contributed by atoms with Crippen LogP contribution in [-0.2, 0) is 6.54 Å². The first-order valence-electron chi connectivity index (χ1n) is 9.77. The van der Waals surface area contributed by atoms with Crippen molar-refractivity contribution in [2.45, 2.75) is 44.8 Å². The Kier molecular flexibility index (Phi) is 4.67. The average Bonchev–Trinajstić information content (AvgIpc) is 3.05. The van der Waals surface area contributed by atoms with Crippen molar-refractivity contribution in [1.29, 1.82) is 0 Å². The summed E-state index contributed by atoms with van der Waals surface area (Å²) in [5.74, 6) is 0.873. The Bertz CT molecular complexity index is 903. The second-order valence-electron chi connectivity index (χ2n) is 8.54. The minimum Gasteiger partial charge on any atom is -0.342 e. The van der Waals surface area contributed by atoms with Crippen molar-refractivity contribution in [2.75, 3.05) is 18.4 Å². The quantitative estimate of drug-likeness (QED) is 0.801. The molecule has 6 heteroatoms. The van der Waals surface area contributed by atoms with Crippen LogP contribution >= 0.6 is 0 Å². The predicted octanol–water partition coefficient (Wildman–Crippen LogP) is 3.08. The molecule has 2 aliphatic heterocycles. The number of amides is 1. The summed E-state index contributed by atoms with van der Waals surface area (Å²) in [4.78, 5) is 24.1. The minimum atomic E-state index is -0.392. The van der Waals surface area contributed by atoms with Crippen molar-refractivity contribution in [3.63, 3.8) is 0 Å². The first-order chi connectivity index (χ1) is 13.4. The zero-order chi connectivity index (χ0) is 19.8. The van der Waals surface area contributed by atoms with E-state index in [0.29, 0.717) is 18.8 Å². The maximum absolute atomic E-state index is 12.9. The summed E-state index contributed by atoms with van der Waals surface area (Å²) in [7, 11) is 0. The fraction of sp³-hybridized carbons (Fsp3) is 0.409. The van der Waals surface area contributed by atoms with Crippen LogP contribution in [0.4, 0.5) is 5.69 Å². The molecule has 1 amide bonds. The van der Waals surface area contributed by atoms with Crippen LogP contribution in [0.5, 0.6) is 0 Å². The van der Waals surface area contributed by atoms with E-state index in [1.807, 2.05) is 29.2 Å². The third-order valence-electron chi connectivity index (χ3n) is 5.23. The molecule has 146 valence electrons. The molecule has 0 aliphatic carbocycles. The molecule has 0 saturated carbocycles. The number of para-hydroxylation sites is 1. The molecule has 1 aromatic heterocycles. The molecule has 1 aromatic carbocycles. The summed E-state index contributed by atoms with van der Waals surface area (Å²) in [6.45, 7) is 8.26. The highest BCUT2D eigenvalue weighted by atomic mass is 16.2. The number of benzene rings is 1. The number of rotatable bonds is 1. The van der Waals surface area contributed by atoms with Gasteiger partial charge in [0.25, 0.3) is 5.91 Å². The number of amidine groups is 1. The number of likely N-dealkylation sites (tertiary alicyclic amines) is 1. The average molecular weight is 377 g/mol. The van der Waals surface area contributed by atoms with Crippen molar-refractivity contribution < 1.29 is 4.79 Å². The molecule has 1 atom stereocenters. The number of nitrogens with one attached hydrogen (secondary N) is 2. The van der Waals surface area contributed by atoms with Crippen molar-refractivity contribution in [3.05, 3.63) is 59.9 Å². The molecular formula is C22H27N5O. The number of nitrogens with zero attached hydrogens (tertiary/aromatic N) is 3. The number of aromatic nitrogens is 1. The largest absolute Gasteiger partial charge is 0.342 e. The summed E-state index contributed by atoms with van der Waals surface area (Å²) in [6.07, 6.45) is 2.47. The fourth-order valence-corrected chi connectivity index (χ4v) is 3.83. The van der Waals surface area contributed by atoms with Gasteiger partial charge in [-0.3, -0.25) is 20.1 Å². The van der Waals surface area contributed by atoms with E-state index < -0.39 is 5.54 Å². The maximum atomic E-state index is 12.9. The van der Waals surface area contributed by atoms with Gasteiger partial charge in [0.2, 0.25) is 0 Å². The van der Waals surface area contributed by atoms with Gasteiger partial charge < -0.3 is 10.2 Å². The number of aliphatic imine (C=N–C) groups is 1. The van der Waals surface area contributed by atoms with Crippen molar-refractivity contribution in [1.82, 2.24) is 15.2 Å². The van der Waals surface area contributed by atoms with E-state index in [1.54, 1.807) is 12.3 Å². The molecule has 0 radical (unpaired) electrons. The SMILES string of the molecule is CC(C)(C)N=C1Nc2ccccc2CN[C@]12CCN(C(=O)c1ccccn1)C2. The van der Waals surface area contributed by atoms with Gasteiger partial charge in [0, 0.05) is 31.5 Å². The smallest absolute Gasteiger partial charge is 0.272 e. The number of pyridine rings is 1. The molecule has 3 heterocycles. The highest BCUT2D eigenvalue weighted by Gasteiger charge is 2.46. The molecule has 1 saturated heterocycles. The molecule has 1 fully saturated rings. The second-order valence-corrected chi connectivity index (χ2v) is 8.54. The number of carbonyl (C=O) groups excluding carboxylic acids is 1. The Morgan fingerprint density at radius 1 is 1.18 bits per heavy atom. The van der Waals surface area contributed by atoms with E-state index in [0.717, 1.165) is 24.5 Å². The monoisotopic (exact) mass is 377 g/mol. The summed E-state index contributed by atoms with van der Waals surface area (Å²) < 4.78 is 0. The fourth-order valence-electron chi connectivity index (χ4n) is 3.83. The number of hydrogen-bond donors (Lipinski definition) is 2. The van der Waals surface area contributed by atoms with Crippen LogP contribution in [0.1, 0.15) is 43.2 Å². The van der Waals surface area contributed by atoms with Gasteiger partial charge in [0.15, 0.2) is 0 Å². The van der Waals surface area contributed by atoms with Gasteiger partial charge >= 0.3 is 0 Å². The summed E-state index contributed by atoms with van der Waals surface area (Å²) in [6, 6.07) is 13.7. The van der Waals surface area contributed by atoms with Crippen molar-refractivity contribution in [2.24, 2.45) is 4.99 Å². The van der Waals surface area contributed by atoms with Crippen LogP contribution in [0.2, 0.25) is 0 Å².